The van der Waals surface area contributed by atoms with E-state index < -0.39 is 24.0 Å². The Morgan fingerprint density at radius 2 is 1.57 bits per heavy atom. The van der Waals surface area contributed by atoms with Crippen molar-refractivity contribution in [1.82, 2.24) is 5.32 Å². The van der Waals surface area contributed by atoms with Crippen molar-refractivity contribution in [1.29, 1.82) is 0 Å². The lowest BCUT2D eigenvalue weighted by Crippen LogP contribution is -2.43. The fraction of sp³-hybridized carbons (Fsp3) is 0.591. The fourth-order valence-electron chi connectivity index (χ4n) is 3.03. The maximum atomic E-state index is 12.8. The lowest BCUT2D eigenvalue weighted by molar-refractivity contribution is -0.148. The van der Waals surface area contributed by atoms with E-state index in [0.717, 1.165) is 5.56 Å². The fourth-order valence-corrected chi connectivity index (χ4v) is 3.03. The van der Waals surface area contributed by atoms with Crippen molar-refractivity contribution >= 4 is 17.8 Å². The molecule has 2 atom stereocenters. The normalized spacial score (nSPS) is 13.1. The Kier molecular flexibility index (Phi) is 10.3. The average Bonchev–Trinajstić information content (AvgIpc) is 2.64. The molecule has 0 spiro atoms. The molecule has 0 fully saturated rings. The SMILES string of the molecule is COC(=O)[C@@H](CC(=O)[C@H](CC(C)C)NC(=O)OCc1ccccc1)CC(C)C. The topological polar surface area (TPSA) is 81.7 Å². The molecule has 0 bridgehead atoms. The van der Waals surface area contributed by atoms with Crippen molar-refractivity contribution < 1.29 is 23.9 Å². The van der Waals surface area contributed by atoms with Crippen molar-refractivity contribution in [3.8, 4) is 0 Å². The number of nitrogens with one attached hydrogen (secondary N) is 1. The van der Waals surface area contributed by atoms with E-state index in [1.165, 1.54) is 7.11 Å². The summed E-state index contributed by atoms with van der Waals surface area (Å²) in [6.45, 7) is 8.07. The maximum Gasteiger partial charge on any atom is 0.408 e. The largest absolute Gasteiger partial charge is 0.469 e. The van der Waals surface area contributed by atoms with E-state index in [1.54, 1.807) is 0 Å². The summed E-state index contributed by atoms with van der Waals surface area (Å²) in [6, 6.07) is 8.64. The van der Waals surface area contributed by atoms with Gasteiger partial charge in [0.15, 0.2) is 5.78 Å². The van der Waals surface area contributed by atoms with Crippen molar-refractivity contribution in [3.05, 3.63) is 35.9 Å². The molecule has 1 amide bonds. The van der Waals surface area contributed by atoms with Crippen LogP contribution >= 0.6 is 0 Å². The summed E-state index contributed by atoms with van der Waals surface area (Å²) in [7, 11) is 1.32. The van der Waals surface area contributed by atoms with E-state index in [1.807, 2.05) is 58.0 Å². The third-order valence-corrected chi connectivity index (χ3v) is 4.34. The predicted molar refractivity (Wildman–Crippen MR) is 108 cm³/mol. The van der Waals surface area contributed by atoms with Crippen LogP contribution in [-0.4, -0.2) is 31.0 Å². The van der Waals surface area contributed by atoms with Gasteiger partial charge in [0.1, 0.15) is 6.61 Å². The van der Waals surface area contributed by atoms with Gasteiger partial charge in [0.05, 0.1) is 19.1 Å². The Morgan fingerprint density at radius 3 is 2.11 bits per heavy atom. The van der Waals surface area contributed by atoms with Crippen LogP contribution < -0.4 is 5.32 Å². The number of hydrogen-bond donors (Lipinski definition) is 1. The zero-order valence-electron chi connectivity index (χ0n) is 17.6. The predicted octanol–water partition coefficient (Wildman–Crippen LogP) is 4.12. The zero-order valence-corrected chi connectivity index (χ0v) is 17.6. The van der Waals surface area contributed by atoms with Gasteiger partial charge in [0.2, 0.25) is 0 Å². The van der Waals surface area contributed by atoms with Crippen LogP contribution in [0.1, 0.15) is 52.5 Å². The molecule has 0 unspecified atom stereocenters. The Bertz CT molecular complexity index is 627. The highest BCUT2D eigenvalue weighted by atomic mass is 16.5. The summed E-state index contributed by atoms with van der Waals surface area (Å²) in [5.41, 5.74) is 0.868. The van der Waals surface area contributed by atoms with Crippen LogP contribution in [-0.2, 0) is 25.7 Å². The molecule has 1 N–H and O–H groups in total. The summed E-state index contributed by atoms with van der Waals surface area (Å²) < 4.78 is 10.1. The minimum Gasteiger partial charge on any atom is -0.469 e. The molecule has 6 heteroatoms. The Labute approximate surface area is 168 Å². The molecule has 1 rings (SSSR count). The number of Topliss-reactive ketones (excluding diaryl/α,β-unsaturated/α-hetero) is 1. The summed E-state index contributed by atoms with van der Waals surface area (Å²) in [5, 5.41) is 2.67. The van der Waals surface area contributed by atoms with E-state index in [0.29, 0.717) is 12.8 Å². The van der Waals surface area contributed by atoms with E-state index in [4.69, 9.17) is 9.47 Å². The van der Waals surface area contributed by atoms with E-state index >= 15 is 0 Å². The van der Waals surface area contributed by atoms with Gasteiger partial charge in [0.25, 0.3) is 0 Å². The van der Waals surface area contributed by atoms with Gasteiger partial charge in [0, 0.05) is 6.42 Å². The van der Waals surface area contributed by atoms with E-state index in [-0.39, 0.29) is 30.6 Å². The lowest BCUT2D eigenvalue weighted by atomic mass is 9.88. The molecular formula is C22H33NO5. The van der Waals surface area contributed by atoms with Gasteiger partial charge in [-0.05, 0) is 30.2 Å². The number of hydrogen-bond acceptors (Lipinski definition) is 5. The highest BCUT2D eigenvalue weighted by molar-refractivity contribution is 5.90. The number of carbonyl (C=O) groups excluding carboxylic acids is 3. The minimum atomic E-state index is -0.692. The van der Waals surface area contributed by atoms with Gasteiger partial charge in [-0.25, -0.2) is 4.79 Å². The van der Waals surface area contributed by atoms with Gasteiger partial charge in [-0.15, -0.1) is 0 Å². The second-order valence-electron chi connectivity index (χ2n) is 7.91. The maximum absolute atomic E-state index is 12.8. The Balaban J connectivity index is 2.72. The monoisotopic (exact) mass is 391 g/mol. The van der Waals surface area contributed by atoms with Crippen molar-refractivity contribution in [2.45, 2.75) is 59.6 Å². The van der Waals surface area contributed by atoms with Gasteiger partial charge in [-0.1, -0.05) is 58.0 Å². The standard InChI is InChI=1S/C22H33NO5/c1-15(2)11-18(21(25)27-5)13-20(24)19(12-16(3)4)23-22(26)28-14-17-9-7-6-8-10-17/h6-10,15-16,18-19H,11-14H2,1-5H3,(H,23,26)/t18-,19+/m1/s1. The molecule has 1 aromatic carbocycles. The molecule has 0 saturated carbocycles. The van der Waals surface area contributed by atoms with Crippen LogP contribution in [0.15, 0.2) is 30.3 Å². The van der Waals surface area contributed by atoms with E-state index in [9.17, 15) is 14.4 Å². The highest BCUT2D eigenvalue weighted by Gasteiger charge is 2.29. The summed E-state index contributed by atoms with van der Waals surface area (Å²) in [4.78, 5) is 37.0. The number of rotatable bonds is 11. The smallest absolute Gasteiger partial charge is 0.408 e. The molecule has 1 aromatic rings. The average molecular weight is 392 g/mol. The van der Waals surface area contributed by atoms with Gasteiger partial charge in [-0.2, -0.15) is 0 Å². The first-order chi connectivity index (χ1) is 13.2. The number of amides is 1. The first-order valence-corrected chi connectivity index (χ1v) is 9.80. The van der Waals surface area contributed by atoms with Crippen LogP contribution in [0.25, 0.3) is 0 Å². The van der Waals surface area contributed by atoms with E-state index in [2.05, 4.69) is 5.32 Å². The highest BCUT2D eigenvalue weighted by Crippen LogP contribution is 2.20. The van der Waals surface area contributed by atoms with Crippen LogP contribution in [0, 0.1) is 17.8 Å². The molecule has 0 radical (unpaired) electrons. The summed E-state index contributed by atoms with van der Waals surface area (Å²) in [6.07, 6.45) is 0.447. The lowest BCUT2D eigenvalue weighted by Gasteiger charge is -2.22. The molecule has 28 heavy (non-hydrogen) atoms. The molecule has 6 nitrogen and oxygen atoms in total. The number of alkyl carbamates (subject to hydrolysis) is 1. The number of carbonyl (C=O) groups is 3. The quantitative estimate of drug-likeness (QED) is 0.574. The molecule has 0 aliphatic carbocycles. The first-order valence-electron chi connectivity index (χ1n) is 9.80. The van der Waals surface area contributed by atoms with Crippen molar-refractivity contribution in [2.75, 3.05) is 7.11 Å². The third-order valence-electron chi connectivity index (χ3n) is 4.34. The Hall–Kier alpha value is -2.37. The molecule has 156 valence electrons. The van der Waals surface area contributed by atoms with Crippen molar-refractivity contribution in [2.24, 2.45) is 17.8 Å². The molecule has 0 aliphatic heterocycles. The molecule has 0 aliphatic rings. The Morgan fingerprint density at radius 1 is 0.964 bits per heavy atom. The van der Waals surface area contributed by atoms with Gasteiger partial charge in [-0.3, -0.25) is 9.59 Å². The zero-order chi connectivity index (χ0) is 21.1. The number of benzene rings is 1. The van der Waals surface area contributed by atoms with Gasteiger partial charge < -0.3 is 14.8 Å². The second-order valence-corrected chi connectivity index (χ2v) is 7.91. The molecule has 0 heterocycles. The number of esters is 1. The molecule has 0 aromatic heterocycles. The summed E-state index contributed by atoms with van der Waals surface area (Å²) >= 11 is 0. The molecular weight excluding hydrogens is 358 g/mol. The van der Waals surface area contributed by atoms with Crippen LogP contribution in [0.4, 0.5) is 4.79 Å². The van der Waals surface area contributed by atoms with Gasteiger partial charge >= 0.3 is 12.1 Å². The van der Waals surface area contributed by atoms with Crippen molar-refractivity contribution in [3.63, 3.8) is 0 Å². The van der Waals surface area contributed by atoms with Crippen LogP contribution in [0.5, 0.6) is 0 Å². The second kappa shape index (κ2) is 12.2. The molecule has 0 saturated heterocycles. The first kappa shape index (κ1) is 23.7. The number of ketones is 1. The minimum absolute atomic E-state index is 0.0429. The summed E-state index contributed by atoms with van der Waals surface area (Å²) in [5.74, 6) is -0.623. The van der Waals surface area contributed by atoms with Crippen LogP contribution in [0.3, 0.4) is 0 Å². The number of ether oxygens (including phenoxy) is 2. The van der Waals surface area contributed by atoms with Crippen LogP contribution in [0.2, 0.25) is 0 Å². The number of methoxy groups -OCH3 is 1. The third kappa shape index (κ3) is 9.02.